The summed E-state index contributed by atoms with van der Waals surface area (Å²) >= 11 is 0. The zero-order valence-corrected chi connectivity index (χ0v) is 14.7. The van der Waals surface area contributed by atoms with E-state index in [1.165, 1.54) is 0 Å². The summed E-state index contributed by atoms with van der Waals surface area (Å²) in [6, 6.07) is 11.5. The van der Waals surface area contributed by atoms with Crippen molar-refractivity contribution in [2.45, 2.75) is 25.8 Å². The van der Waals surface area contributed by atoms with Gasteiger partial charge in [-0.15, -0.1) is 0 Å². The molecule has 1 saturated heterocycles. The molecule has 1 aromatic heterocycles. The molecule has 3 atom stereocenters. The highest BCUT2D eigenvalue weighted by molar-refractivity contribution is 5.81. The molecule has 6 nitrogen and oxygen atoms in total. The van der Waals surface area contributed by atoms with Crippen LogP contribution in [0.1, 0.15) is 30.5 Å². The highest BCUT2D eigenvalue weighted by Gasteiger charge is 2.33. The molecule has 1 aromatic carbocycles. The molecule has 132 valence electrons. The Bertz CT molecular complexity index is 829. The maximum absolute atomic E-state index is 12.9. The predicted octanol–water partition coefficient (Wildman–Crippen LogP) is 2.55. The summed E-state index contributed by atoms with van der Waals surface area (Å²) in [5, 5.41) is 18.4. The maximum Gasteiger partial charge on any atom is 0.240 e. The lowest BCUT2D eigenvalue weighted by molar-refractivity contribution is -0.136. The van der Waals surface area contributed by atoms with Gasteiger partial charge in [-0.25, -0.2) is 4.98 Å². The summed E-state index contributed by atoms with van der Waals surface area (Å²) in [5.41, 5.74) is 1.46. The molecule has 0 aliphatic carbocycles. The van der Waals surface area contributed by atoms with Crippen molar-refractivity contribution in [2.24, 2.45) is 11.8 Å². The Hall–Kier alpha value is -3.12. The zero-order chi connectivity index (χ0) is 18.5. The molecule has 0 N–H and O–H groups in total. The van der Waals surface area contributed by atoms with Crippen molar-refractivity contribution < 1.29 is 4.79 Å². The first kappa shape index (κ1) is 17.7. The van der Waals surface area contributed by atoms with Crippen molar-refractivity contribution in [3.63, 3.8) is 0 Å². The molecule has 0 bridgehead atoms. The van der Waals surface area contributed by atoms with Gasteiger partial charge >= 0.3 is 0 Å². The molecule has 1 aliphatic rings. The molecule has 3 unspecified atom stereocenters. The Kier molecular flexibility index (Phi) is 5.34. The Morgan fingerprint density at radius 1 is 1.35 bits per heavy atom. The van der Waals surface area contributed by atoms with E-state index in [4.69, 9.17) is 5.26 Å². The number of hydrogen-bond acceptors (Lipinski definition) is 4. The molecule has 0 radical (unpaired) electrons. The van der Waals surface area contributed by atoms with Crippen molar-refractivity contribution in [3.05, 3.63) is 54.1 Å². The number of rotatable bonds is 4. The van der Waals surface area contributed by atoms with Crippen molar-refractivity contribution in [2.75, 3.05) is 13.1 Å². The second kappa shape index (κ2) is 7.84. The van der Waals surface area contributed by atoms with E-state index >= 15 is 0 Å². The van der Waals surface area contributed by atoms with Gasteiger partial charge in [-0.05, 0) is 36.5 Å². The third-order valence-corrected chi connectivity index (χ3v) is 5.11. The maximum atomic E-state index is 12.9. The molecular weight excluding hydrogens is 326 g/mol. The van der Waals surface area contributed by atoms with Gasteiger partial charge in [0.25, 0.3) is 0 Å². The molecule has 1 aliphatic heterocycles. The largest absolute Gasteiger partial charge is 0.339 e. The number of likely N-dealkylation sites (tertiary alicyclic amines) is 1. The summed E-state index contributed by atoms with van der Waals surface area (Å²) in [6.45, 7) is 3.46. The van der Waals surface area contributed by atoms with Crippen LogP contribution in [0, 0.1) is 34.5 Å². The van der Waals surface area contributed by atoms with Gasteiger partial charge in [-0.2, -0.15) is 10.5 Å². The number of amides is 1. The van der Waals surface area contributed by atoms with E-state index in [9.17, 15) is 10.1 Å². The summed E-state index contributed by atoms with van der Waals surface area (Å²) in [5.74, 6) is -0.374. The normalized spacial score (nSPS) is 20.8. The molecule has 26 heavy (non-hydrogen) atoms. The smallest absolute Gasteiger partial charge is 0.240 e. The molecule has 1 fully saturated rings. The summed E-state index contributed by atoms with van der Waals surface area (Å²) < 4.78 is 2.05. The molecule has 2 aromatic rings. The number of carbonyl (C=O) groups excluding carboxylic acids is 1. The second-order valence-corrected chi connectivity index (χ2v) is 6.82. The van der Waals surface area contributed by atoms with Crippen molar-refractivity contribution in [1.82, 2.24) is 14.5 Å². The van der Waals surface area contributed by atoms with Gasteiger partial charge in [-0.1, -0.05) is 19.1 Å². The SMILES string of the molecule is CC1CCN(C(=O)C(C#N)Cc2ccc(C#N)cc2)CC1n1ccnc1. The third-order valence-electron chi connectivity index (χ3n) is 5.11. The van der Waals surface area contributed by atoms with Crippen LogP contribution < -0.4 is 0 Å². The number of carbonyl (C=O) groups is 1. The van der Waals surface area contributed by atoms with Crippen molar-refractivity contribution >= 4 is 5.91 Å². The van der Waals surface area contributed by atoms with E-state index in [2.05, 4.69) is 24.0 Å². The van der Waals surface area contributed by atoms with Gasteiger partial charge in [0, 0.05) is 25.5 Å². The van der Waals surface area contributed by atoms with E-state index < -0.39 is 5.92 Å². The lowest BCUT2D eigenvalue weighted by Crippen LogP contribution is -2.46. The van der Waals surface area contributed by atoms with Crippen LogP contribution in [0.4, 0.5) is 0 Å². The van der Waals surface area contributed by atoms with Crippen LogP contribution in [0.25, 0.3) is 0 Å². The molecule has 0 spiro atoms. The lowest BCUT2D eigenvalue weighted by Gasteiger charge is -2.38. The van der Waals surface area contributed by atoms with Gasteiger partial charge in [0.15, 0.2) is 0 Å². The van der Waals surface area contributed by atoms with Gasteiger partial charge in [0.1, 0.15) is 5.92 Å². The average molecular weight is 347 g/mol. The topological polar surface area (TPSA) is 85.7 Å². The first-order valence-electron chi connectivity index (χ1n) is 8.77. The van der Waals surface area contributed by atoms with Crippen molar-refractivity contribution in [1.29, 1.82) is 10.5 Å². The predicted molar refractivity (Wildman–Crippen MR) is 95.6 cm³/mol. The number of hydrogen-bond donors (Lipinski definition) is 0. The highest BCUT2D eigenvalue weighted by Crippen LogP contribution is 2.28. The van der Waals surface area contributed by atoms with Crippen LogP contribution in [-0.2, 0) is 11.2 Å². The molecule has 1 amide bonds. The van der Waals surface area contributed by atoms with Crippen LogP contribution in [0.2, 0.25) is 0 Å². The van der Waals surface area contributed by atoms with Crippen LogP contribution in [0.5, 0.6) is 0 Å². The van der Waals surface area contributed by atoms with Gasteiger partial charge in [-0.3, -0.25) is 4.79 Å². The quantitative estimate of drug-likeness (QED) is 0.850. The number of benzene rings is 1. The first-order chi connectivity index (χ1) is 12.6. The standard InChI is InChI=1S/C20H21N5O/c1-15-6-8-24(13-19(15)25-9-7-23-14-25)20(26)18(12-22)10-16-2-4-17(11-21)5-3-16/h2-5,7,9,14-15,18-19H,6,8,10,13H2,1H3. The van der Waals surface area contributed by atoms with E-state index in [0.29, 0.717) is 31.0 Å². The van der Waals surface area contributed by atoms with Crippen molar-refractivity contribution in [3.8, 4) is 12.1 Å². The number of imidazole rings is 1. The van der Waals surface area contributed by atoms with Gasteiger partial charge < -0.3 is 9.47 Å². The Balaban J connectivity index is 1.69. The monoisotopic (exact) mass is 347 g/mol. The Morgan fingerprint density at radius 3 is 2.73 bits per heavy atom. The van der Waals surface area contributed by atoms with Crippen LogP contribution in [0.15, 0.2) is 43.0 Å². The Labute approximate surface area is 153 Å². The van der Waals surface area contributed by atoms with E-state index in [1.54, 1.807) is 24.7 Å². The number of nitriles is 2. The molecular formula is C20H21N5O. The minimum absolute atomic E-state index is 0.117. The van der Waals surface area contributed by atoms with E-state index in [1.807, 2.05) is 27.8 Å². The molecule has 3 rings (SSSR count). The second-order valence-electron chi connectivity index (χ2n) is 6.82. The number of piperidine rings is 1. The summed E-state index contributed by atoms with van der Waals surface area (Å²) in [6.07, 6.45) is 6.73. The fourth-order valence-corrected chi connectivity index (χ4v) is 3.46. The molecule has 0 saturated carbocycles. The third kappa shape index (κ3) is 3.75. The van der Waals surface area contributed by atoms with Crippen LogP contribution in [-0.4, -0.2) is 33.4 Å². The van der Waals surface area contributed by atoms with Gasteiger partial charge in [0.2, 0.25) is 5.91 Å². The zero-order valence-electron chi connectivity index (χ0n) is 14.7. The highest BCUT2D eigenvalue weighted by atomic mass is 16.2. The fraction of sp³-hybridized carbons (Fsp3) is 0.400. The summed E-state index contributed by atoms with van der Waals surface area (Å²) in [4.78, 5) is 18.8. The number of nitrogens with zero attached hydrogens (tertiary/aromatic N) is 5. The number of aromatic nitrogens is 2. The minimum atomic E-state index is -0.709. The average Bonchev–Trinajstić information content (AvgIpc) is 3.21. The van der Waals surface area contributed by atoms with Crippen LogP contribution in [0.3, 0.4) is 0 Å². The van der Waals surface area contributed by atoms with Gasteiger partial charge in [0.05, 0.1) is 30.1 Å². The van der Waals surface area contributed by atoms with E-state index in [0.717, 1.165) is 12.0 Å². The first-order valence-corrected chi connectivity index (χ1v) is 8.77. The van der Waals surface area contributed by atoms with Crippen LogP contribution >= 0.6 is 0 Å². The summed E-state index contributed by atoms with van der Waals surface area (Å²) in [7, 11) is 0. The molecule has 2 heterocycles. The lowest BCUT2D eigenvalue weighted by atomic mass is 9.91. The minimum Gasteiger partial charge on any atom is -0.339 e. The fourth-order valence-electron chi connectivity index (χ4n) is 3.46. The molecule has 6 heteroatoms. The Morgan fingerprint density at radius 2 is 2.12 bits per heavy atom. The van der Waals surface area contributed by atoms with E-state index in [-0.39, 0.29) is 11.9 Å².